The lowest BCUT2D eigenvalue weighted by Gasteiger charge is -2.36. The number of ether oxygens (including phenoxy) is 1. The van der Waals surface area contributed by atoms with E-state index < -0.39 is 0 Å². The first-order valence-electron chi connectivity index (χ1n) is 9.14. The second kappa shape index (κ2) is 7.75. The van der Waals surface area contributed by atoms with Gasteiger partial charge in [-0.15, -0.1) is 0 Å². The third-order valence-electron chi connectivity index (χ3n) is 4.93. The molecule has 1 aromatic heterocycles. The standard InChI is InChI=1S/C19H20BrN5O3/c1-2-28-17(26)13-3-5-15(6-4-13)25-12-16-11-23(7-8-24(16)19(25)27)18-21-9-14(20)10-22-18/h3-6,9-10,16H,2,7-8,11-12H2,1H3/t16-/m0/s1. The van der Waals surface area contributed by atoms with Crippen LogP contribution in [0.3, 0.4) is 0 Å². The molecule has 9 heteroatoms. The summed E-state index contributed by atoms with van der Waals surface area (Å²) in [6, 6.07) is 7.03. The molecule has 0 radical (unpaired) electrons. The number of aromatic nitrogens is 2. The number of carbonyl (C=O) groups is 2. The molecule has 8 nitrogen and oxygen atoms in total. The van der Waals surface area contributed by atoms with Gasteiger partial charge in [0.15, 0.2) is 0 Å². The third kappa shape index (κ3) is 3.54. The van der Waals surface area contributed by atoms with E-state index in [2.05, 4.69) is 30.8 Å². The zero-order valence-electron chi connectivity index (χ0n) is 15.4. The number of nitrogens with zero attached hydrogens (tertiary/aromatic N) is 5. The number of fused-ring (bicyclic) bond motifs is 1. The van der Waals surface area contributed by atoms with E-state index in [0.29, 0.717) is 44.3 Å². The molecule has 3 heterocycles. The maximum absolute atomic E-state index is 12.9. The fourth-order valence-corrected chi connectivity index (χ4v) is 3.77. The van der Waals surface area contributed by atoms with Gasteiger partial charge in [0.05, 0.1) is 22.7 Å². The summed E-state index contributed by atoms with van der Waals surface area (Å²) in [6.45, 7) is 4.70. The molecule has 0 aliphatic carbocycles. The molecule has 2 aromatic rings. The average molecular weight is 446 g/mol. The maximum atomic E-state index is 12.9. The van der Waals surface area contributed by atoms with E-state index in [1.165, 1.54) is 0 Å². The fourth-order valence-electron chi connectivity index (χ4n) is 3.57. The molecule has 2 fully saturated rings. The monoisotopic (exact) mass is 445 g/mol. The summed E-state index contributed by atoms with van der Waals surface area (Å²) in [5.74, 6) is 0.317. The van der Waals surface area contributed by atoms with Crippen molar-refractivity contribution in [2.24, 2.45) is 0 Å². The number of esters is 1. The number of amides is 2. The Morgan fingerprint density at radius 1 is 1.18 bits per heavy atom. The smallest absolute Gasteiger partial charge is 0.338 e. The Morgan fingerprint density at radius 3 is 2.57 bits per heavy atom. The van der Waals surface area contributed by atoms with E-state index in [4.69, 9.17) is 4.74 Å². The first-order valence-corrected chi connectivity index (χ1v) is 9.94. The summed E-state index contributed by atoms with van der Waals surface area (Å²) in [5, 5.41) is 0. The van der Waals surface area contributed by atoms with E-state index in [1.54, 1.807) is 48.5 Å². The van der Waals surface area contributed by atoms with Gasteiger partial charge in [0.25, 0.3) is 0 Å². The molecule has 2 aliphatic rings. The van der Waals surface area contributed by atoms with Gasteiger partial charge < -0.3 is 14.5 Å². The molecule has 1 atom stereocenters. The summed E-state index contributed by atoms with van der Waals surface area (Å²) in [4.78, 5) is 39.1. The van der Waals surface area contributed by atoms with Crippen LogP contribution in [0, 0.1) is 0 Å². The van der Waals surface area contributed by atoms with Crippen LogP contribution in [0.5, 0.6) is 0 Å². The Balaban J connectivity index is 1.46. The van der Waals surface area contributed by atoms with Crippen molar-refractivity contribution in [3.05, 3.63) is 46.7 Å². The van der Waals surface area contributed by atoms with Gasteiger partial charge in [0.2, 0.25) is 5.95 Å². The highest BCUT2D eigenvalue weighted by Gasteiger charge is 2.41. The number of halogens is 1. The summed E-state index contributed by atoms with van der Waals surface area (Å²) < 4.78 is 5.84. The van der Waals surface area contributed by atoms with Gasteiger partial charge >= 0.3 is 12.0 Å². The highest BCUT2D eigenvalue weighted by molar-refractivity contribution is 9.10. The molecule has 0 unspecified atom stereocenters. The third-order valence-corrected chi connectivity index (χ3v) is 5.34. The Hall–Kier alpha value is -2.68. The second-order valence-corrected chi connectivity index (χ2v) is 7.57. The number of hydrogen-bond donors (Lipinski definition) is 0. The van der Waals surface area contributed by atoms with Crippen molar-refractivity contribution in [2.45, 2.75) is 13.0 Å². The Labute approximate surface area is 171 Å². The van der Waals surface area contributed by atoms with Crippen molar-refractivity contribution in [1.29, 1.82) is 0 Å². The van der Waals surface area contributed by atoms with Gasteiger partial charge in [-0.25, -0.2) is 19.6 Å². The molecule has 0 saturated carbocycles. The fraction of sp³-hybridized carbons (Fsp3) is 0.368. The van der Waals surface area contributed by atoms with Gasteiger partial charge in [-0.2, -0.15) is 0 Å². The second-order valence-electron chi connectivity index (χ2n) is 6.66. The maximum Gasteiger partial charge on any atom is 0.338 e. The van der Waals surface area contributed by atoms with E-state index in [1.807, 2.05) is 4.90 Å². The first kappa shape index (κ1) is 18.7. The van der Waals surface area contributed by atoms with Gasteiger partial charge in [0, 0.05) is 44.3 Å². The molecule has 146 valence electrons. The minimum atomic E-state index is -0.357. The summed E-state index contributed by atoms with van der Waals surface area (Å²) >= 11 is 3.35. The summed E-state index contributed by atoms with van der Waals surface area (Å²) in [5.41, 5.74) is 1.26. The van der Waals surface area contributed by atoms with Crippen LogP contribution in [-0.2, 0) is 4.74 Å². The molecule has 0 bridgehead atoms. The molecular weight excluding hydrogens is 426 g/mol. The predicted octanol–water partition coefficient (Wildman–Crippen LogP) is 2.55. The number of piperazine rings is 1. The number of rotatable bonds is 4. The van der Waals surface area contributed by atoms with E-state index in [-0.39, 0.29) is 18.0 Å². The van der Waals surface area contributed by atoms with Crippen LogP contribution in [0.1, 0.15) is 17.3 Å². The van der Waals surface area contributed by atoms with Crippen molar-refractivity contribution in [3.8, 4) is 0 Å². The highest BCUT2D eigenvalue weighted by atomic mass is 79.9. The minimum Gasteiger partial charge on any atom is -0.462 e. The van der Waals surface area contributed by atoms with Crippen LogP contribution in [0.25, 0.3) is 0 Å². The van der Waals surface area contributed by atoms with Crippen molar-refractivity contribution < 1.29 is 14.3 Å². The van der Waals surface area contributed by atoms with E-state index in [0.717, 1.165) is 10.2 Å². The number of anilines is 2. The quantitative estimate of drug-likeness (QED) is 0.672. The van der Waals surface area contributed by atoms with Gasteiger partial charge in [-0.3, -0.25) is 4.90 Å². The predicted molar refractivity (Wildman–Crippen MR) is 108 cm³/mol. The van der Waals surface area contributed by atoms with Crippen molar-refractivity contribution in [3.63, 3.8) is 0 Å². The van der Waals surface area contributed by atoms with Crippen LogP contribution >= 0.6 is 15.9 Å². The SMILES string of the molecule is CCOC(=O)c1ccc(N2C[C@@H]3CN(c4ncc(Br)cn4)CCN3C2=O)cc1. The van der Waals surface area contributed by atoms with Crippen LogP contribution in [0.15, 0.2) is 41.1 Å². The van der Waals surface area contributed by atoms with Gasteiger partial charge in [-0.1, -0.05) is 0 Å². The lowest BCUT2D eigenvalue weighted by molar-refractivity contribution is 0.0526. The lowest BCUT2D eigenvalue weighted by Crippen LogP contribution is -2.52. The average Bonchev–Trinajstić information content (AvgIpc) is 3.05. The lowest BCUT2D eigenvalue weighted by atomic mass is 10.2. The van der Waals surface area contributed by atoms with Crippen LogP contribution < -0.4 is 9.80 Å². The van der Waals surface area contributed by atoms with Gasteiger partial charge in [-0.05, 0) is 47.1 Å². The molecule has 2 amide bonds. The molecule has 28 heavy (non-hydrogen) atoms. The number of urea groups is 1. The highest BCUT2D eigenvalue weighted by Crippen LogP contribution is 2.28. The Kier molecular flexibility index (Phi) is 5.17. The molecule has 2 aliphatic heterocycles. The summed E-state index contributed by atoms with van der Waals surface area (Å²) in [6.07, 6.45) is 3.46. The molecule has 0 N–H and O–H groups in total. The van der Waals surface area contributed by atoms with Crippen molar-refractivity contribution >= 4 is 39.6 Å². The first-order chi connectivity index (χ1) is 13.6. The van der Waals surface area contributed by atoms with Crippen LogP contribution in [-0.4, -0.2) is 65.7 Å². The van der Waals surface area contributed by atoms with Crippen molar-refractivity contribution in [1.82, 2.24) is 14.9 Å². The van der Waals surface area contributed by atoms with Crippen LogP contribution in [0.2, 0.25) is 0 Å². The number of carbonyl (C=O) groups excluding carboxylic acids is 2. The number of benzene rings is 1. The molecule has 2 saturated heterocycles. The normalized spacial score (nSPS) is 19.0. The van der Waals surface area contributed by atoms with Gasteiger partial charge in [0.1, 0.15) is 0 Å². The molecule has 4 rings (SSSR count). The summed E-state index contributed by atoms with van der Waals surface area (Å²) in [7, 11) is 0. The van der Waals surface area contributed by atoms with E-state index >= 15 is 0 Å². The number of hydrogen-bond acceptors (Lipinski definition) is 6. The zero-order chi connectivity index (χ0) is 19.7. The zero-order valence-corrected chi connectivity index (χ0v) is 17.0. The van der Waals surface area contributed by atoms with E-state index in [9.17, 15) is 9.59 Å². The topological polar surface area (TPSA) is 78.9 Å². The largest absolute Gasteiger partial charge is 0.462 e. The molecule has 0 spiro atoms. The Bertz CT molecular complexity index is 874. The van der Waals surface area contributed by atoms with Crippen LogP contribution in [0.4, 0.5) is 16.4 Å². The minimum absolute atomic E-state index is 0.00902. The van der Waals surface area contributed by atoms with Crippen molar-refractivity contribution in [2.75, 3.05) is 42.6 Å². The molecular formula is C19H20BrN5O3. The molecule has 1 aromatic carbocycles. The Morgan fingerprint density at radius 2 is 1.89 bits per heavy atom.